The summed E-state index contributed by atoms with van der Waals surface area (Å²) in [5, 5.41) is 23.7. The number of nitrogens with one attached hydrogen (secondary N) is 1. The van der Waals surface area contributed by atoms with Crippen LogP contribution in [-0.4, -0.2) is 46.9 Å². The molecule has 0 aromatic rings. The van der Waals surface area contributed by atoms with Crippen molar-refractivity contribution in [2.75, 3.05) is 6.61 Å². The second-order valence-corrected chi connectivity index (χ2v) is 17.9. The summed E-state index contributed by atoms with van der Waals surface area (Å²) in [6, 6.07) is -0.691. The summed E-state index contributed by atoms with van der Waals surface area (Å²) in [6.07, 6.45) is 48.9. The Morgan fingerprint density at radius 1 is 0.439 bits per heavy atom. The topological polar surface area (TPSA) is 95.9 Å². The molecule has 0 spiro atoms. The van der Waals surface area contributed by atoms with Gasteiger partial charge < -0.3 is 20.3 Å². The third-order valence-corrected chi connectivity index (χ3v) is 12.2. The van der Waals surface area contributed by atoms with Crippen molar-refractivity contribution in [1.82, 2.24) is 5.32 Å². The number of esters is 1. The molecule has 0 fully saturated rings. The summed E-state index contributed by atoms with van der Waals surface area (Å²) in [7, 11) is 0. The lowest BCUT2D eigenvalue weighted by molar-refractivity contribution is -0.151. The lowest BCUT2D eigenvalue weighted by atomic mass is 10.0. The van der Waals surface area contributed by atoms with E-state index in [1.54, 1.807) is 0 Å². The van der Waals surface area contributed by atoms with E-state index in [0.717, 1.165) is 38.5 Å². The van der Waals surface area contributed by atoms with E-state index in [1.165, 1.54) is 205 Å². The van der Waals surface area contributed by atoms with Gasteiger partial charge in [0.2, 0.25) is 5.91 Å². The van der Waals surface area contributed by atoms with E-state index in [0.29, 0.717) is 19.3 Å². The smallest absolute Gasteiger partial charge is 0.306 e. The molecule has 0 aromatic heterocycles. The molecule has 0 rings (SSSR count). The monoisotopic (exact) mass is 808 g/mol. The number of rotatable bonds is 47. The number of hydrogen-bond donors (Lipinski definition) is 3. The quantitative estimate of drug-likeness (QED) is 0.0420. The lowest BCUT2D eigenvalue weighted by Crippen LogP contribution is -2.46. The fourth-order valence-corrected chi connectivity index (χ4v) is 8.26. The van der Waals surface area contributed by atoms with Crippen LogP contribution in [0.25, 0.3) is 0 Å². The zero-order chi connectivity index (χ0) is 41.7. The summed E-state index contributed by atoms with van der Waals surface area (Å²) < 4.78 is 5.91. The summed E-state index contributed by atoms with van der Waals surface area (Å²) in [4.78, 5) is 26.0. The highest BCUT2D eigenvalue weighted by atomic mass is 16.5. The van der Waals surface area contributed by atoms with Crippen LogP contribution in [0, 0.1) is 0 Å². The van der Waals surface area contributed by atoms with E-state index >= 15 is 0 Å². The number of hydrogen-bond acceptors (Lipinski definition) is 5. The summed E-state index contributed by atoms with van der Waals surface area (Å²) in [5.41, 5.74) is 0. The van der Waals surface area contributed by atoms with Crippen molar-refractivity contribution in [3.63, 3.8) is 0 Å². The Labute approximate surface area is 356 Å². The number of aliphatic hydroxyl groups excluding tert-OH is 2. The van der Waals surface area contributed by atoms with Crippen LogP contribution in [0.2, 0.25) is 0 Å². The third-order valence-electron chi connectivity index (χ3n) is 12.2. The summed E-state index contributed by atoms with van der Waals surface area (Å²) >= 11 is 0. The molecule has 0 heterocycles. The van der Waals surface area contributed by atoms with Crippen molar-refractivity contribution >= 4 is 11.9 Å². The lowest BCUT2D eigenvalue weighted by Gasteiger charge is -2.24. The molecule has 0 aliphatic heterocycles. The molecule has 6 heteroatoms. The minimum absolute atomic E-state index is 0.0866. The minimum atomic E-state index is -0.778. The molecular formula is C51H101NO5. The van der Waals surface area contributed by atoms with Crippen LogP contribution in [0.4, 0.5) is 0 Å². The Hall–Kier alpha value is -1.14. The Morgan fingerprint density at radius 3 is 1.07 bits per heavy atom. The number of carbonyl (C=O) groups excluding carboxylic acids is 2. The van der Waals surface area contributed by atoms with Crippen LogP contribution < -0.4 is 5.32 Å². The first-order valence-electron chi connectivity index (χ1n) is 25.8. The molecule has 0 bridgehead atoms. The first kappa shape index (κ1) is 55.9. The maximum absolute atomic E-state index is 13.1. The number of ether oxygens (including phenoxy) is 1. The maximum Gasteiger partial charge on any atom is 0.306 e. The van der Waals surface area contributed by atoms with Crippen LogP contribution in [0.1, 0.15) is 290 Å². The zero-order valence-corrected chi connectivity index (χ0v) is 38.8. The van der Waals surface area contributed by atoms with E-state index < -0.39 is 18.2 Å². The van der Waals surface area contributed by atoms with Crippen LogP contribution in [0.15, 0.2) is 0 Å². The molecule has 0 aliphatic carbocycles. The second kappa shape index (κ2) is 45.9. The maximum atomic E-state index is 13.1. The van der Waals surface area contributed by atoms with E-state index in [1.807, 2.05) is 0 Å². The molecule has 3 atom stereocenters. The third kappa shape index (κ3) is 41.4. The van der Waals surface area contributed by atoms with Crippen molar-refractivity contribution in [2.24, 2.45) is 0 Å². The van der Waals surface area contributed by atoms with Gasteiger partial charge in [-0.15, -0.1) is 0 Å². The number of aliphatic hydroxyl groups is 2. The van der Waals surface area contributed by atoms with Crippen LogP contribution in [0.3, 0.4) is 0 Å². The fourth-order valence-electron chi connectivity index (χ4n) is 8.26. The molecule has 1 amide bonds. The van der Waals surface area contributed by atoms with Crippen molar-refractivity contribution in [1.29, 1.82) is 0 Å². The SMILES string of the molecule is CCCCCCCCCCCCCCCCCCCC(=O)OC(CCCCCCCCCC)CC(=O)NC(CO)C(O)CCCCCCCCCCCCCCC. The van der Waals surface area contributed by atoms with Gasteiger partial charge in [-0.3, -0.25) is 9.59 Å². The Bertz CT molecular complexity index is 821. The van der Waals surface area contributed by atoms with E-state index in [-0.39, 0.29) is 24.9 Å². The van der Waals surface area contributed by atoms with Gasteiger partial charge in [-0.25, -0.2) is 0 Å². The molecule has 0 aromatic carbocycles. The highest BCUT2D eigenvalue weighted by Gasteiger charge is 2.24. The van der Waals surface area contributed by atoms with Gasteiger partial charge >= 0.3 is 5.97 Å². The Balaban J connectivity index is 4.35. The average Bonchev–Trinajstić information content (AvgIpc) is 3.20. The molecule has 340 valence electrons. The van der Waals surface area contributed by atoms with Gasteiger partial charge in [-0.2, -0.15) is 0 Å². The molecule has 0 radical (unpaired) electrons. The van der Waals surface area contributed by atoms with Crippen LogP contribution >= 0.6 is 0 Å². The first-order chi connectivity index (χ1) is 28.0. The predicted octanol–water partition coefficient (Wildman–Crippen LogP) is 15.2. The molecule has 0 aliphatic rings. The zero-order valence-electron chi connectivity index (χ0n) is 38.8. The van der Waals surface area contributed by atoms with Gasteiger partial charge in [0.1, 0.15) is 6.10 Å². The molecule has 3 N–H and O–H groups in total. The summed E-state index contributed by atoms with van der Waals surface area (Å²) in [5.74, 6) is -0.455. The molecule has 57 heavy (non-hydrogen) atoms. The van der Waals surface area contributed by atoms with Crippen LogP contribution in [0.5, 0.6) is 0 Å². The van der Waals surface area contributed by atoms with Crippen LogP contribution in [-0.2, 0) is 14.3 Å². The molecule has 0 saturated carbocycles. The number of amides is 1. The van der Waals surface area contributed by atoms with E-state index in [9.17, 15) is 19.8 Å². The average molecular weight is 808 g/mol. The van der Waals surface area contributed by atoms with Gasteiger partial charge in [-0.1, -0.05) is 252 Å². The van der Waals surface area contributed by atoms with E-state index in [2.05, 4.69) is 26.1 Å². The highest BCUT2D eigenvalue weighted by molar-refractivity contribution is 5.77. The minimum Gasteiger partial charge on any atom is -0.462 e. The first-order valence-corrected chi connectivity index (χ1v) is 25.8. The second-order valence-electron chi connectivity index (χ2n) is 17.9. The number of carbonyl (C=O) groups is 2. The normalized spacial score (nSPS) is 13.1. The van der Waals surface area contributed by atoms with Crippen molar-refractivity contribution in [2.45, 2.75) is 309 Å². The van der Waals surface area contributed by atoms with Gasteiger partial charge in [0.25, 0.3) is 0 Å². The summed E-state index contributed by atoms with van der Waals surface area (Å²) in [6.45, 7) is 6.49. The van der Waals surface area contributed by atoms with Gasteiger partial charge in [0.15, 0.2) is 0 Å². The van der Waals surface area contributed by atoms with Gasteiger partial charge in [0.05, 0.1) is 25.2 Å². The largest absolute Gasteiger partial charge is 0.462 e. The molecular weight excluding hydrogens is 707 g/mol. The highest BCUT2D eigenvalue weighted by Crippen LogP contribution is 2.19. The van der Waals surface area contributed by atoms with E-state index in [4.69, 9.17) is 4.74 Å². The molecule has 3 unspecified atom stereocenters. The fraction of sp³-hybridized carbons (Fsp3) is 0.961. The van der Waals surface area contributed by atoms with Gasteiger partial charge in [0, 0.05) is 6.42 Å². The van der Waals surface area contributed by atoms with Crippen molar-refractivity contribution in [3.8, 4) is 0 Å². The Morgan fingerprint density at radius 2 is 0.737 bits per heavy atom. The molecule has 6 nitrogen and oxygen atoms in total. The Kier molecular flexibility index (Phi) is 45.0. The number of unbranched alkanes of at least 4 members (excludes halogenated alkanes) is 35. The predicted molar refractivity (Wildman–Crippen MR) is 246 cm³/mol. The van der Waals surface area contributed by atoms with Crippen molar-refractivity contribution < 1.29 is 24.5 Å². The van der Waals surface area contributed by atoms with Gasteiger partial charge in [-0.05, 0) is 25.7 Å². The molecule has 0 saturated heterocycles. The standard InChI is InChI=1S/C51H101NO5/c1-4-7-10-13-16-19-21-23-24-25-26-28-30-32-35-38-41-44-51(56)57-47(42-39-36-33-18-15-12-9-6-3)45-50(55)52-48(46-53)49(54)43-40-37-34-31-29-27-22-20-17-14-11-8-5-2/h47-49,53-54H,4-46H2,1-3H3,(H,52,55). The van der Waals surface area contributed by atoms with Crippen molar-refractivity contribution in [3.05, 3.63) is 0 Å².